The summed E-state index contributed by atoms with van der Waals surface area (Å²) < 4.78 is 0. The van der Waals surface area contributed by atoms with Gasteiger partial charge in [-0.1, -0.05) is 12.1 Å². The number of thiophene rings is 1. The third-order valence-electron chi connectivity index (χ3n) is 2.04. The number of carbonyl (C=O) groups is 1. The van der Waals surface area contributed by atoms with Crippen LogP contribution in [-0.2, 0) is 0 Å². The number of rotatable bonds is 2. The predicted molar refractivity (Wildman–Crippen MR) is 58.4 cm³/mol. The lowest BCUT2D eigenvalue weighted by molar-refractivity contribution is 0.0698. The molecule has 4 heteroatoms. The molecule has 0 unspecified atom stereocenters. The molecule has 0 aliphatic heterocycles. The molecule has 2 aromatic rings. The average molecular weight is 220 g/mol. The number of aromatic hydroxyl groups is 1. The van der Waals surface area contributed by atoms with E-state index in [1.807, 2.05) is 0 Å². The van der Waals surface area contributed by atoms with Gasteiger partial charge in [0.05, 0.1) is 10.4 Å². The van der Waals surface area contributed by atoms with Crippen molar-refractivity contribution in [2.24, 2.45) is 0 Å². The molecule has 15 heavy (non-hydrogen) atoms. The fraction of sp³-hybridized carbons (Fsp3) is 0. The van der Waals surface area contributed by atoms with Crippen molar-refractivity contribution in [2.75, 3.05) is 0 Å². The maximum atomic E-state index is 10.9. The van der Waals surface area contributed by atoms with Crippen LogP contribution < -0.4 is 0 Å². The lowest BCUT2D eigenvalue weighted by atomic mass is 10.1. The Morgan fingerprint density at radius 2 is 1.93 bits per heavy atom. The lowest BCUT2D eigenvalue weighted by Crippen LogP contribution is -1.95. The van der Waals surface area contributed by atoms with Crippen LogP contribution in [0.2, 0.25) is 0 Å². The fourth-order valence-electron chi connectivity index (χ4n) is 1.35. The molecule has 1 heterocycles. The normalized spacial score (nSPS) is 10.1. The van der Waals surface area contributed by atoms with Crippen LogP contribution in [0.4, 0.5) is 0 Å². The third-order valence-corrected chi connectivity index (χ3v) is 2.99. The zero-order valence-corrected chi connectivity index (χ0v) is 8.49. The molecule has 3 nitrogen and oxygen atoms in total. The first-order valence-electron chi connectivity index (χ1n) is 4.29. The Balaban J connectivity index is 2.59. The van der Waals surface area contributed by atoms with Crippen LogP contribution in [-0.4, -0.2) is 16.2 Å². The van der Waals surface area contributed by atoms with Crippen molar-refractivity contribution in [1.82, 2.24) is 0 Å². The number of phenols is 1. The highest BCUT2D eigenvalue weighted by Gasteiger charge is 2.15. The first-order valence-corrected chi connectivity index (χ1v) is 5.17. The number of benzene rings is 1. The summed E-state index contributed by atoms with van der Waals surface area (Å²) in [5, 5.41) is 20.2. The number of phenolic OH excluding ortho intramolecular Hbond substituents is 1. The Morgan fingerprint density at radius 1 is 1.20 bits per heavy atom. The van der Waals surface area contributed by atoms with Gasteiger partial charge in [0.1, 0.15) is 5.75 Å². The molecule has 0 atom stereocenters. The van der Waals surface area contributed by atoms with Gasteiger partial charge in [0.2, 0.25) is 0 Å². The minimum absolute atomic E-state index is 0.0995. The zero-order chi connectivity index (χ0) is 10.8. The van der Waals surface area contributed by atoms with Gasteiger partial charge >= 0.3 is 5.97 Å². The van der Waals surface area contributed by atoms with E-state index in [1.165, 1.54) is 17.4 Å². The van der Waals surface area contributed by atoms with Crippen molar-refractivity contribution in [1.29, 1.82) is 0 Å². The van der Waals surface area contributed by atoms with Gasteiger partial charge < -0.3 is 10.2 Å². The number of carboxylic acids is 1. The van der Waals surface area contributed by atoms with E-state index in [0.717, 1.165) is 0 Å². The van der Waals surface area contributed by atoms with Gasteiger partial charge in [-0.15, -0.1) is 11.3 Å². The van der Waals surface area contributed by atoms with Gasteiger partial charge in [0.25, 0.3) is 0 Å². The van der Waals surface area contributed by atoms with E-state index in [-0.39, 0.29) is 11.3 Å². The molecule has 0 saturated heterocycles. The highest BCUT2D eigenvalue weighted by Crippen LogP contribution is 2.35. The maximum absolute atomic E-state index is 10.9. The number of hydrogen-bond donors (Lipinski definition) is 2. The number of aromatic carboxylic acids is 1. The highest BCUT2D eigenvalue weighted by molar-refractivity contribution is 7.14. The molecule has 0 spiro atoms. The standard InChI is InChI=1S/C11H8O3S/c12-9-4-2-1-3-7(9)10-8(11(13)14)5-6-15-10/h1-6,12H,(H,13,14). The summed E-state index contributed by atoms with van der Waals surface area (Å²) in [7, 11) is 0. The van der Waals surface area contributed by atoms with Crippen molar-refractivity contribution >= 4 is 17.3 Å². The van der Waals surface area contributed by atoms with Crippen LogP contribution in [0.1, 0.15) is 10.4 Å². The molecule has 1 aromatic heterocycles. The predicted octanol–water partition coefficient (Wildman–Crippen LogP) is 2.82. The second-order valence-corrected chi connectivity index (χ2v) is 3.90. The fourth-order valence-corrected chi connectivity index (χ4v) is 2.27. The minimum Gasteiger partial charge on any atom is -0.507 e. The molecule has 0 saturated carbocycles. The number of para-hydroxylation sites is 1. The Kier molecular flexibility index (Phi) is 2.43. The molecule has 0 aliphatic carbocycles. The van der Waals surface area contributed by atoms with E-state index in [4.69, 9.17) is 5.11 Å². The summed E-state index contributed by atoms with van der Waals surface area (Å²) in [4.78, 5) is 11.5. The largest absolute Gasteiger partial charge is 0.507 e. The summed E-state index contributed by atoms with van der Waals surface area (Å²) in [5.41, 5.74) is 0.784. The quantitative estimate of drug-likeness (QED) is 0.818. The van der Waals surface area contributed by atoms with Crippen LogP contribution in [0.25, 0.3) is 10.4 Å². The summed E-state index contributed by atoms with van der Waals surface area (Å²) in [6.07, 6.45) is 0. The molecule has 0 radical (unpaired) electrons. The molecular weight excluding hydrogens is 212 g/mol. The highest BCUT2D eigenvalue weighted by atomic mass is 32.1. The molecule has 0 amide bonds. The van der Waals surface area contributed by atoms with E-state index in [0.29, 0.717) is 10.4 Å². The molecule has 2 rings (SSSR count). The van der Waals surface area contributed by atoms with E-state index >= 15 is 0 Å². The van der Waals surface area contributed by atoms with Crippen LogP contribution in [0.15, 0.2) is 35.7 Å². The third kappa shape index (κ3) is 1.71. The Morgan fingerprint density at radius 3 is 2.60 bits per heavy atom. The van der Waals surface area contributed by atoms with E-state index in [1.54, 1.807) is 29.6 Å². The van der Waals surface area contributed by atoms with Crippen LogP contribution >= 0.6 is 11.3 Å². The van der Waals surface area contributed by atoms with Gasteiger partial charge in [0.15, 0.2) is 0 Å². The second-order valence-electron chi connectivity index (χ2n) is 2.99. The van der Waals surface area contributed by atoms with Gasteiger partial charge in [-0.3, -0.25) is 0 Å². The molecule has 1 aromatic carbocycles. The van der Waals surface area contributed by atoms with E-state index in [2.05, 4.69) is 0 Å². The molecule has 0 bridgehead atoms. The Labute approximate surface area is 90.2 Å². The topological polar surface area (TPSA) is 57.5 Å². The van der Waals surface area contributed by atoms with Crippen molar-refractivity contribution in [2.45, 2.75) is 0 Å². The first-order chi connectivity index (χ1) is 7.20. The van der Waals surface area contributed by atoms with Gasteiger partial charge in [0, 0.05) is 5.56 Å². The van der Waals surface area contributed by atoms with E-state index < -0.39 is 5.97 Å². The zero-order valence-electron chi connectivity index (χ0n) is 7.68. The van der Waals surface area contributed by atoms with Crippen LogP contribution in [0.5, 0.6) is 5.75 Å². The smallest absolute Gasteiger partial charge is 0.337 e. The van der Waals surface area contributed by atoms with Crippen LogP contribution in [0, 0.1) is 0 Å². The molecule has 2 N–H and O–H groups in total. The van der Waals surface area contributed by atoms with Crippen molar-refractivity contribution in [3.8, 4) is 16.2 Å². The summed E-state index contributed by atoms with van der Waals surface area (Å²) >= 11 is 1.30. The molecular formula is C11H8O3S. The van der Waals surface area contributed by atoms with Crippen molar-refractivity contribution in [3.63, 3.8) is 0 Å². The molecule has 0 fully saturated rings. The molecule has 76 valence electrons. The average Bonchev–Trinajstić information content (AvgIpc) is 2.67. The van der Waals surface area contributed by atoms with Gasteiger partial charge in [-0.25, -0.2) is 4.79 Å². The maximum Gasteiger partial charge on any atom is 0.337 e. The lowest BCUT2D eigenvalue weighted by Gasteiger charge is -2.02. The van der Waals surface area contributed by atoms with Crippen molar-refractivity contribution in [3.05, 3.63) is 41.3 Å². The number of carboxylic acid groups (broad SMARTS) is 1. The van der Waals surface area contributed by atoms with Gasteiger partial charge in [-0.2, -0.15) is 0 Å². The SMILES string of the molecule is O=C(O)c1ccsc1-c1ccccc1O. The molecule has 0 aliphatic rings. The monoisotopic (exact) mass is 220 g/mol. The van der Waals surface area contributed by atoms with Gasteiger partial charge in [-0.05, 0) is 23.6 Å². The summed E-state index contributed by atoms with van der Waals surface area (Å²) in [5.74, 6) is -0.878. The van der Waals surface area contributed by atoms with Crippen molar-refractivity contribution < 1.29 is 15.0 Å². The first kappa shape index (κ1) is 9.73. The van der Waals surface area contributed by atoms with E-state index in [9.17, 15) is 9.90 Å². The number of hydrogen-bond acceptors (Lipinski definition) is 3. The summed E-state index contributed by atoms with van der Waals surface area (Å²) in [6.45, 7) is 0. The minimum atomic E-state index is -0.977. The van der Waals surface area contributed by atoms with Crippen LogP contribution in [0.3, 0.4) is 0 Å². The Hall–Kier alpha value is -1.81. The summed E-state index contributed by atoms with van der Waals surface area (Å²) in [6, 6.07) is 8.25. The Bertz CT molecular complexity index is 502. The second kappa shape index (κ2) is 3.74.